The molecule has 0 aliphatic carbocycles. The van der Waals surface area contributed by atoms with Crippen molar-refractivity contribution in [1.82, 2.24) is 9.97 Å². The maximum atomic E-state index is 4.82. The van der Waals surface area contributed by atoms with Crippen LogP contribution < -0.4 is 0 Å². The van der Waals surface area contributed by atoms with Gasteiger partial charge in [0.1, 0.15) is 0 Å². The van der Waals surface area contributed by atoms with Crippen LogP contribution in [-0.2, 0) is 6.42 Å². The molecule has 0 fully saturated rings. The maximum absolute atomic E-state index is 4.82. The number of fused-ring (bicyclic) bond motifs is 1. The number of aromatic nitrogens is 2. The highest BCUT2D eigenvalue weighted by molar-refractivity contribution is 9.10. The lowest BCUT2D eigenvalue weighted by molar-refractivity contribution is 0.594. The highest BCUT2D eigenvalue weighted by Crippen LogP contribution is 2.29. The Morgan fingerprint density at radius 3 is 2.57 bits per heavy atom. The van der Waals surface area contributed by atoms with Gasteiger partial charge in [-0.25, -0.2) is 0 Å². The summed E-state index contributed by atoms with van der Waals surface area (Å²) in [5.74, 6) is 0.667. The number of rotatable bonds is 5. The highest BCUT2D eigenvalue weighted by Gasteiger charge is 2.08. The van der Waals surface area contributed by atoms with Gasteiger partial charge in [0.05, 0.1) is 5.52 Å². The second kappa shape index (κ2) is 7.54. The first-order chi connectivity index (χ1) is 11.2. The molecule has 2 nitrogen and oxygen atoms in total. The van der Waals surface area contributed by atoms with Crippen LogP contribution in [0.3, 0.4) is 0 Å². The van der Waals surface area contributed by atoms with Gasteiger partial charge in [0, 0.05) is 33.3 Å². The lowest BCUT2D eigenvalue weighted by Gasteiger charge is -2.10. The predicted molar refractivity (Wildman–Crippen MR) is 104 cm³/mol. The normalized spacial score (nSPS) is 12.5. The van der Waals surface area contributed by atoms with Crippen molar-refractivity contribution in [2.45, 2.75) is 19.8 Å². The third-order valence-electron chi connectivity index (χ3n) is 3.98. The first-order valence-electron chi connectivity index (χ1n) is 7.73. The summed E-state index contributed by atoms with van der Waals surface area (Å²) in [6.07, 6.45) is 5.79. The molecule has 118 valence electrons. The van der Waals surface area contributed by atoms with Crippen molar-refractivity contribution in [3.05, 3.63) is 59.0 Å². The molecule has 2 aromatic heterocycles. The van der Waals surface area contributed by atoms with E-state index in [9.17, 15) is 0 Å². The van der Waals surface area contributed by atoms with Crippen molar-refractivity contribution in [2.24, 2.45) is 5.92 Å². The van der Waals surface area contributed by atoms with Gasteiger partial charge < -0.3 is 0 Å². The molecule has 3 rings (SSSR count). The van der Waals surface area contributed by atoms with Gasteiger partial charge in [0.15, 0.2) is 0 Å². The monoisotopic (exact) mass is 432 g/mol. The molecule has 0 bridgehead atoms. The molecule has 0 N–H and O–H groups in total. The molecule has 0 aliphatic heterocycles. The van der Waals surface area contributed by atoms with Gasteiger partial charge in [-0.2, -0.15) is 0 Å². The second-order valence-electron chi connectivity index (χ2n) is 5.86. The number of halogens is 2. The zero-order valence-electron chi connectivity index (χ0n) is 13.0. The van der Waals surface area contributed by atoms with Crippen molar-refractivity contribution in [3.8, 4) is 11.1 Å². The van der Waals surface area contributed by atoms with Crippen LogP contribution >= 0.6 is 31.9 Å². The van der Waals surface area contributed by atoms with Crippen molar-refractivity contribution in [3.63, 3.8) is 0 Å². The summed E-state index contributed by atoms with van der Waals surface area (Å²) in [7, 11) is 0. The highest BCUT2D eigenvalue weighted by atomic mass is 79.9. The van der Waals surface area contributed by atoms with Gasteiger partial charge in [0.25, 0.3) is 0 Å². The van der Waals surface area contributed by atoms with Gasteiger partial charge in [0.2, 0.25) is 0 Å². The summed E-state index contributed by atoms with van der Waals surface area (Å²) in [4.78, 5) is 8.90. The van der Waals surface area contributed by atoms with Gasteiger partial charge in [-0.05, 0) is 60.2 Å². The fourth-order valence-corrected chi connectivity index (χ4v) is 3.46. The van der Waals surface area contributed by atoms with Crippen LogP contribution in [0.2, 0.25) is 0 Å². The van der Waals surface area contributed by atoms with Gasteiger partial charge in [-0.1, -0.05) is 44.8 Å². The zero-order valence-corrected chi connectivity index (χ0v) is 16.1. The number of benzene rings is 1. The number of aryl methyl sites for hydroxylation is 1. The van der Waals surface area contributed by atoms with Gasteiger partial charge in [-0.3, -0.25) is 9.97 Å². The predicted octanol–water partition coefficient (Wildman–Crippen LogP) is 6.02. The van der Waals surface area contributed by atoms with E-state index >= 15 is 0 Å². The van der Waals surface area contributed by atoms with Crippen LogP contribution in [0, 0.1) is 5.92 Å². The molecule has 2 heterocycles. The van der Waals surface area contributed by atoms with E-state index in [4.69, 9.17) is 4.98 Å². The van der Waals surface area contributed by atoms with E-state index in [1.807, 2.05) is 24.5 Å². The average molecular weight is 434 g/mol. The minimum absolute atomic E-state index is 0.667. The van der Waals surface area contributed by atoms with Crippen LogP contribution in [0.15, 0.2) is 53.3 Å². The molecule has 0 amide bonds. The molecule has 0 aliphatic rings. The smallest absolute Gasteiger partial charge is 0.0717 e. The lowest BCUT2D eigenvalue weighted by atomic mass is 10.0. The molecule has 4 heteroatoms. The van der Waals surface area contributed by atoms with Crippen molar-refractivity contribution < 1.29 is 0 Å². The van der Waals surface area contributed by atoms with E-state index in [0.717, 1.165) is 39.2 Å². The SMILES string of the molecule is CC(CBr)CCc1cc(Br)c2cc(-c3ccncc3)ccc2n1. The van der Waals surface area contributed by atoms with Crippen molar-refractivity contribution in [2.75, 3.05) is 5.33 Å². The van der Waals surface area contributed by atoms with Crippen LogP contribution in [0.25, 0.3) is 22.0 Å². The Hall–Kier alpha value is -1.26. The molecule has 0 saturated carbocycles. The summed E-state index contributed by atoms with van der Waals surface area (Å²) < 4.78 is 1.11. The molecule has 1 atom stereocenters. The first kappa shape index (κ1) is 16.6. The Morgan fingerprint density at radius 1 is 1.04 bits per heavy atom. The topological polar surface area (TPSA) is 25.8 Å². The van der Waals surface area contributed by atoms with E-state index in [1.54, 1.807) is 0 Å². The van der Waals surface area contributed by atoms with Gasteiger partial charge in [-0.15, -0.1) is 0 Å². The van der Waals surface area contributed by atoms with E-state index in [0.29, 0.717) is 5.92 Å². The van der Waals surface area contributed by atoms with Crippen LogP contribution in [0.4, 0.5) is 0 Å². The average Bonchev–Trinajstić information content (AvgIpc) is 2.60. The molecule has 23 heavy (non-hydrogen) atoms. The van der Waals surface area contributed by atoms with E-state index in [-0.39, 0.29) is 0 Å². The largest absolute Gasteiger partial charge is 0.265 e. The van der Waals surface area contributed by atoms with E-state index < -0.39 is 0 Å². The minimum Gasteiger partial charge on any atom is -0.265 e. The third-order valence-corrected chi connectivity index (χ3v) is 5.74. The molecular formula is C19H18Br2N2. The molecule has 0 saturated heterocycles. The quantitative estimate of drug-likeness (QED) is 0.459. The summed E-state index contributed by atoms with van der Waals surface area (Å²) in [6.45, 7) is 2.26. The Balaban J connectivity index is 1.93. The fourth-order valence-electron chi connectivity index (χ4n) is 2.56. The molecule has 1 unspecified atom stereocenters. The summed E-state index contributed by atoms with van der Waals surface area (Å²) in [5, 5.41) is 2.19. The zero-order chi connectivity index (χ0) is 16.2. The lowest BCUT2D eigenvalue weighted by Crippen LogP contribution is -2.00. The first-order valence-corrected chi connectivity index (χ1v) is 9.64. The van der Waals surface area contributed by atoms with E-state index in [1.165, 1.54) is 11.1 Å². The molecule has 3 aromatic rings. The summed E-state index contributed by atoms with van der Waals surface area (Å²) in [6, 6.07) is 12.6. The molecule has 1 aromatic carbocycles. The summed E-state index contributed by atoms with van der Waals surface area (Å²) in [5.41, 5.74) is 4.54. The van der Waals surface area contributed by atoms with Crippen LogP contribution in [-0.4, -0.2) is 15.3 Å². The van der Waals surface area contributed by atoms with Crippen molar-refractivity contribution >= 4 is 42.8 Å². The Kier molecular flexibility index (Phi) is 5.44. The number of nitrogens with zero attached hydrogens (tertiary/aromatic N) is 2. The molecular weight excluding hydrogens is 416 g/mol. The molecule has 0 spiro atoms. The van der Waals surface area contributed by atoms with E-state index in [2.05, 4.69) is 68.0 Å². The number of alkyl halides is 1. The number of pyridine rings is 2. The molecule has 0 radical (unpaired) electrons. The Bertz CT molecular complexity index is 803. The number of hydrogen-bond acceptors (Lipinski definition) is 2. The number of hydrogen-bond donors (Lipinski definition) is 0. The van der Waals surface area contributed by atoms with Crippen LogP contribution in [0.5, 0.6) is 0 Å². The van der Waals surface area contributed by atoms with Crippen molar-refractivity contribution in [1.29, 1.82) is 0 Å². The second-order valence-corrected chi connectivity index (χ2v) is 7.36. The Labute approximate surface area is 153 Å². The Morgan fingerprint density at radius 2 is 1.83 bits per heavy atom. The maximum Gasteiger partial charge on any atom is 0.0717 e. The fraction of sp³-hybridized carbons (Fsp3) is 0.263. The van der Waals surface area contributed by atoms with Crippen LogP contribution in [0.1, 0.15) is 19.0 Å². The summed E-state index contributed by atoms with van der Waals surface area (Å²) >= 11 is 7.26. The standard InChI is InChI=1S/C19H18Br2N2/c1-13(12-20)2-4-16-11-18(21)17-10-15(3-5-19(17)23-16)14-6-8-22-9-7-14/h3,5-11,13H,2,4,12H2,1H3. The third kappa shape index (κ3) is 3.99. The minimum atomic E-state index is 0.667. The van der Waals surface area contributed by atoms with Gasteiger partial charge >= 0.3 is 0 Å².